The summed E-state index contributed by atoms with van der Waals surface area (Å²) >= 11 is 0. The van der Waals surface area contributed by atoms with Crippen molar-refractivity contribution in [3.05, 3.63) is 34.9 Å². The molecule has 0 aromatic heterocycles. The lowest BCUT2D eigenvalue weighted by molar-refractivity contribution is -0.127. The largest absolute Gasteiger partial charge is 0.396 e. The van der Waals surface area contributed by atoms with E-state index in [1.165, 1.54) is 36.0 Å². The number of rotatable bonds is 5. The summed E-state index contributed by atoms with van der Waals surface area (Å²) in [6, 6.07) is 6.58. The number of nitrogens with one attached hydrogen (secondary N) is 1. The van der Waals surface area contributed by atoms with Crippen molar-refractivity contribution >= 4 is 5.91 Å². The van der Waals surface area contributed by atoms with Gasteiger partial charge in [-0.3, -0.25) is 9.69 Å². The fraction of sp³-hybridized carbons (Fsp3) is 0.667. The quantitative estimate of drug-likeness (QED) is 0.864. The molecule has 1 amide bonds. The first-order valence-electron chi connectivity index (χ1n) is 9.85. The van der Waals surface area contributed by atoms with Gasteiger partial charge >= 0.3 is 0 Å². The Balaban J connectivity index is 1.60. The lowest BCUT2D eigenvalue weighted by Gasteiger charge is -2.35. The van der Waals surface area contributed by atoms with Crippen molar-refractivity contribution in [2.45, 2.75) is 64.5 Å². The van der Waals surface area contributed by atoms with Gasteiger partial charge in [0.25, 0.3) is 0 Å². The van der Waals surface area contributed by atoms with Crippen molar-refractivity contribution in [2.24, 2.45) is 5.92 Å². The second-order valence-electron chi connectivity index (χ2n) is 7.83. The number of carbonyl (C=O) groups is 1. The Morgan fingerprint density at radius 1 is 1.24 bits per heavy atom. The van der Waals surface area contributed by atoms with Gasteiger partial charge in [0.15, 0.2) is 0 Å². The van der Waals surface area contributed by atoms with Crippen LogP contribution in [-0.4, -0.2) is 41.7 Å². The molecule has 1 aromatic carbocycles. The normalized spacial score (nSPS) is 23.6. The van der Waals surface area contributed by atoms with E-state index in [4.69, 9.17) is 0 Å². The van der Waals surface area contributed by atoms with Crippen LogP contribution in [0, 0.1) is 5.92 Å². The summed E-state index contributed by atoms with van der Waals surface area (Å²) in [5, 5.41) is 12.6. The van der Waals surface area contributed by atoms with Crippen LogP contribution in [0.5, 0.6) is 0 Å². The summed E-state index contributed by atoms with van der Waals surface area (Å²) in [7, 11) is 0. The second kappa shape index (κ2) is 8.33. The Morgan fingerprint density at radius 3 is 2.76 bits per heavy atom. The van der Waals surface area contributed by atoms with Gasteiger partial charge in [-0.15, -0.1) is 0 Å². The van der Waals surface area contributed by atoms with Gasteiger partial charge in [0.2, 0.25) is 5.91 Å². The zero-order valence-corrected chi connectivity index (χ0v) is 15.6. The first-order valence-corrected chi connectivity index (χ1v) is 9.85. The van der Waals surface area contributed by atoms with Crippen LogP contribution in [0.15, 0.2) is 18.2 Å². The number of aryl methyl sites for hydroxylation is 2. The molecule has 3 atom stereocenters. The van der Waals surface area contributed by atoms with Crippen LogP contribution < -0.4 is 5.32 Å². The molecule has 0 bridgehead atoms. The molecule has 2 N–H and O–H groups in total. The predicted molar refractivity (Wildman–Crippen MR) is 100 cm³/mol. The molecule has 4 heteroatoms. The van der Waals surface area contributed by atoms with E-state index in [1.807, 2.05) is 6.92 Å². The average Bonchev–Trinajstić information content (AvgIpc) is 2.66. The van der Waals surface area contributed by atoms with Crippen LogP contribution in [0.25, 0.3) is 0 Å². The van der Waals surface area contributed by atoms with Crippen LogP contribution in [0.3, 0.4) is 0 Å². The lowest BCUT2D eigenvalue weighted by atomic mass is 9.89. The molecule has 1 aromatic rings. The Hall–Kier alpha value is -1.39. The third-order valence-electron chi connectivity index (χ3n) is 5.97. The van der Waals surface area contributed by atoms with E-state index < -0.39 is 0 Å². The summed E-state index contributed by atoms with van der Waals surface area (Å²) in [6.07, 6.45) is 7.04. The van der Waals surface area contributed by atoms with Crippen LogP contribution >= 0.6 is 0 Å². The Bertz CT molecular complexity index is 602. The van der Waals surface area contributed by atoms with Gasteiger partial charge in [0.1, 0.15) is 0 Å². The molecule has 1 aliphatic heterocycles. The molecule has 1 aliphatic carbocycles. The zero-order chi connectivity index (χ0) is 17.8. The fourth-order valence-electron chi connectivity index (χ4n) is 4.20. The van der Waals surface area contributed by atoms with Gasteiger partial charge < -0.3 is 10.4 Å². The van der Waals surface area contributed by atoms with Gasteiger partial charge in [-0.05, 0) is 81.5 Å². The topological polar surface area (TPSA) is 52.6 Å². The molecule has 2 aliphatic rings. The summed E-state index contributed by atoms with van der Waals surface area (Å²) < 4.78 is 0. The van der Waals surface area contributed by atoms with Crippen LogP contribution in [0.2, 0.25) is 0 Å². The molecule has 0 spiro atoms. The highest BCUT2D eigenvalue weighted by molar-refractivity contribution is 5.81. The average molecular weight is 344 g/mol. The van der Waals surface area contributed by atoms with Crippen molar-refractivity contribution in [3.63, 3.8) is 0 Å². The van der Waals surface area contributed by atoms with Crippen molar-refractivity contribution in [3.8, 4) is 0 Å². The highest BCUT2D eigenvalue weighted by Crippen LogP contribution is 2.25. The summed E-state index contributed by atoms with van der Waals surface area (Å²) in [5.41, 5.74) is 4.14. The number of amides is 1. The molecule has 4 nitrogen and oxygen atoms in total. The maximum absolute atomic E-state index is 12.7. The highest BCUT2D eigenvalue weighted by Gasteiger charge is 2.27. The number of carbonyl (C=O) groups excluding carboxylic acids is 1. The predicted octanol–water partition coefficient (Wildman–Crippen LogP) is 2.84. The standard InChI is InChI=1S/C21H32N2O2/c1-15(19-10-9-18-7-3-4-8-20(18)12-19)22-21(25)16(2)23-11-5-6-17(13-23)14-24/h9-10,12,15-17,24H,3-8,11,13-14H2,1-2H3,(H,22,25). The van der Waals surface area contributed by atoms with E-state index in [0.717, 1.165) is 32.4 Å². The number of piperidine rings is 1. The number of aliphatic hydroxyl groups is 1. The number of fused-ring (bicyclic) bond motifs is 1. The Kier molecular flexibility index (Phi) is 6.13. The molecule has 0 saturated carbocycles. The Labute approximate surface area is 151 Å². The third kappa shape index (κ3) is 4.42. The van der Waals surface area contributed by atoms with E-state index in [2.05, 4.69) is 35.3 Å². The fourth-order valence-corrected chi connectivity index (χ4v) is 4.20. The van der Waals surface area contributed by atoms with Crippen LogP contribution in [0.1, 0.15) is 62.3 Å². The molecule has 0 radical (unpaired) electrons. The maximum atomic E-state index is 12.7. The van der Waals surface area contributed by atoms with E-state index in [-0.39, 0.29) is 24.6 Å². The maximum Gasteiger partial charge on any atom is 0.237 e. The molecule has 1 saturated heterocycles. The smallest absolute Gasteiger partial charge is 0.237 e. The van der Waals surface area contributed by atoms with Gasteiger partial charge in [0, 0.05) is 13.2 Å². The minimum atomic E-state index is -0.144. The van der Waals surface area contributed by atoms with E-state index in [0.29, 0.717) is 5.92 Å². The van der Waals surface area contributed by atoms with Crippen LogP contribution in [-0.2, 0) is 17.6 Å². The summed E-state index contributed by atoms with van der Waals surface area (Å²) in [6.45, 7) is 6.03. The van der Waals surface area contributed by atoms with Crippen molar-refractivity contribution in [1.29, 1.82) is 0 Å². The van der Waals surface area contributed by atoms with E-state index in [9.17, 15) is 9.90 Å². The minimum absolute atomic E-state index is 0.0283. The molecule has 3 unspecified atom stereocenters. The van der Waals surface area contributed by atoms with Gasteiger partial charge in [-0.1, -0.05) is 18.2 Å². The van der Waals surface area contributed by atoms with Gasteiger partial charge in [-0.25, -0.2) is 0 Å². The lowest BCUT2D eigenvalue weighted by Crippen LogP contribution is -2.49. The summed E-state index contributed by atoms with van der Waals surface area (Å²) in [4.78, 5) is 14.9. The highest BCUT2D eigenvalue weighted by atomic mass is 16.3. The Morgan fingerprint density at radius 2 is 2.00 bits per heavy atom. The first-order chi connectivity index (χ1) is 12.1. The SMILES string of the molecule is CC(NC(=O)C(C)N1CCCC(CO)C1)c1ccc2c(c1)CCCC2. The van der Waals surface area contributed by atoms with Crippen molar-refractivity contribution in [1.82, 2.24) is 10.2 Å². The van der Waals surface area contributed by atoms with Gasteiger partial charge in [0.05, 0.1) is 12.1 Å². The molecule has 3 rings (SSSR count). The monoisotopic (exact) mass is 344 g/mol. The van der Waals surface area contributed by atoms with E-state index in [1.54, 1.807) is 0 Å². The van der Waals surface area contributed by atoms with Crippen LogP contribution in [0.4, 0.5) is 0 Å². The number of benzene rings is 1. The third-order valence-corrected chi connectivity index (χ3v) is 5.97. The van der Waals surface area contributed by atoms with Gasteiger partial charge in [-0.2, -0.15) is 0 Å². The number of nitrogens with zero attached hydrogens (tertiary/aromatic N) is 1. The zero-order valence-electron chi connectivity index (χ0n) is 15.6. The van der Waals surface area contributed by atoms with Crippen molar-refractivity contribution in [2.75, 3.05) is 19.7 Å². The molecule has 1 fully saturated rings. The van der Waals surface area contributed by atoms with E-state index >= 15 is 0 Å². The second-order valence-corrected chi connectivity index (χ2v) is 7.83. The minimum Gasteiger partial charge on any atom is -0.396 e. The molecule has 25 heavy (non-hydrogen) atoms. The summed E-state index contributed by atoms with van der Waals surface area (Å²) in [5.74, 6) is 0.394. The number of aliphatic hydroxyl groups excluding tert-OH is 1. The molecule has 138 valence electrons. The molecule has 1 heterocycles. The molecular weight excluding hydrogens is 312 g/mol. The number of likely N-dealkylation sites (tertiary alicyclic amines) is 1. The molecular formula is C21H32N2O2. The number of hydrogen-bond acceptors (Lipinski definition) is 3. The number of hydrogen-bond donors (Lipinski definition) is 2. The first kappa shape index (κ1) is 18.4. The van der Waals surface area contributed by atoms with Crippen molar-refractivity contribution < 1.29 is 9.90 Å².